The number of primary amides is 2. The van der Waals surface area contributed by atoms with E-state index < -0.39 is 251 Å². The summed E-state index contributed by atoms with van der Waals surface area (Å²) in [6, 6.07) is 0.0427. The lowest BCUT2D eigenvalue weighted by atomic mass is 9.96. The number of aliphatic imine (C=N–C) groups is 1. The highest BCUT2D eigenvalue weighted by Gasteiger charge is 2.51. The van der Waals surface area contributed by atoms with Gasteiger partial charge in [0.15, 0.2) is 18.5 Å². The number of nitrogens with one attached hydrogen (secondary N) is 12. The average molecular weight is 1620 g/mol. The molecule has 3 aliphatic heterocycles. The number of benzene rings is 2. The van der Waals surface area contributed by atoms with Gasteiger partial charge >= 0.3 is 0 Å². The highest BCUT2D eigenvalue weighted by atomic mass is 16.7. The standard InChI is InChI=1S/C71H103N19O25/c1-33(2)21-42(63(107)84-41(9-5-19-77-71(74)75)69(112)90-20-6-10-47(90)67(111)79-27-51(73)96)83-54(99)28-80-61(105)43(22-34-11-13-37(94)14-12-34)85-66(110)46(29-91)88-64(108)44(23-35-25-78-39-8-4-3-7-38(35)39)86-65(109)45(24-36-26-76-32-81-36)87-62(106)40(15-16-50(72)95)82-52(97)17-18-53(98)89-68-58(103)57(102)60(49(31-93)113-68)115-70-59(104)56(101)55(100)48(30-92)114-70/h3-4,7-8,11-14,25-26,32-33,40-49,55-60,68,70,78,91-94,100-104H,5-6,9-10,15-24,27-31H2,1-2H3,(H2,72,95)(H2,73,96)(H,76,81)(H,79,111)(H,80,105)(H,82,97)(H,83,99)(H,84,107)(H,85,110)(H,86,109)(H,87,106)(H,88,108)(H,89,98)(H4,74,75,77)/t40-,41-,42-,43-,44-,45-,46-,47-,48+,49+,55-,56-,57+,58+,59+,60+,68+,70-/m0/s1. The van der Waals surface area contributed by atoms with E-state index in [1.807, 2.05) is 0 Å². The number of hydrogen-bond donors (Lipinski definition) is 25. The smallest absolute Gasteiger partial charge is 0.245 e. The number of aliphatic hydroxyl groups excluding tert-OH is 8. The predicted molar refractivity (Wildman–Crippen MR) is 398 cm³/mol. The average Bonchev–Trinajstić information content (AvgIpc) is 1.23. The van der Waals surface area contributed by atoms with Crippen LogP contribution in [0.15, 0.2) is 72.2 Å². The molecule has 632 valence electrons. The molecule has 7 rings (SSSR count). The fourth-order valence-corrected chi connectivity index (χ4v) is 13.0. The van der Waals surface area contributed by atoms with E-state index in [-0.39, 0.29) is 74.9 Å². The van der Waals surface area contributed by atoms with Crippen molar-refractivity contribution in [2.24, 2.45) is 33.8 Å². The number of aliphatic hydroxyl groups is 8. The largest absolute Gasteiger partial charge is 0.508 e. The Bertz CT molecular complexity index is 4010. The number of amides is 13. The number of rotatable bonds is 43. The summed E-state index contributed by atoms with van der Waals surface area (Å²) in [6.07, 6.45) is -16.6. The van der Waals surface area contributed by atoms with Gasteiger partial charge in [-0.3, -0.25) is 67.3 Å². The molecule has 5 heterocycles. The van der Waals surface area contributed by atoms with Gasteiger partial charge in [0.05, 0.1) is 39.2 Å². The van der Waals surface area contributed by atoms with E-state index in [1.165, 1.54) is 47.9 Å². The van der Waals surface area contributed by atoms with Gasteiger partial charge in [-0.2, -0.15) is 0 Å². The van der Waals surface area contributed by atoms with Crippen molar-refractivity contribution >= 4 is 93.7 Å². The first-order valence-corrected chi connectivity index (χ1v) is 37.1. The van der Waals surface area contributed by atoms with Crippen LogP contribution in [0.3, 0.4) is 0 Å². The van der Waals surface area contributed by atoms with Gasteiger partial charge in [0.2, 0.25) is 76.8 Å². The quantitative estimate of drug-likeness (QED) is 0.0111. The van der Waals surface area contributed by atoms with E-state index in [9.17, 15) is 108 Å². The van der Waals surface area contributed by atoms with Crippen LogP contribution in [0.4, 0.5) is 0 Å². The molecule has 3 saturated heterocycles. The van der Waals surface area contributed by atoms with Crippen LogP contribution in [0, 0.1) is 5.92 Å². The Morgan fingerprint density at radius 3 is 1.86 bits per heavy atom. The number of nitrogens with two attached hydrogens (primary N) is 4. The summed E-state index contributed by atoms with van der Waals surface area (Å²) in [5, 5.41) is 119. The van der Waals surface area contributed by atoms with Gasteiger partial charge in [0.1, 0.15) is 103 Å². The number of imidazole rings is 1. The molecule has 0 saturated carbocycles. The van der Waals surface area contributed by atoms with Crippen molar-refractivity contribution in [1.82, 2.24) is 73.0 Å². The molecule has 4 aromatic rings. The van der Waals surface area contributed by atoms with Crippen LogP contribution >= 0.6 is 0 Å². The molecule has 115 heavy (non-hydrogen) atoms. The van der Waals surface area contributed by atoms with Gasteiger partial charge in [0, 0.05) is 80.6 Å². The van der Waals surface area contributed by atoms with E-state index in [4.69, 9.17) is 37.1 Å². The Morgan fingerprint density at radius 1 is 0.609 bits per heavy atom. The number of fused-ring (bicyclic) bond motifs is 1. The fraction of sp³-hybridized carbons (Fsp3) is 0.563. The SMILES string of the molecule is CC(C)C[C@H](NC(=O)CNC(=O)[C@H](Cc1ccc(O)cc1)NC(=O)[C@H](CO)NC(=O)[C@H](Cc1c[nH]c2ccccc12)NC(=O)[C@H](Cc1cnc[nH]1)NC(=O)[C@H](CCC(N)=O)NC(=O)CCC(=O)N[C@@H]1O[C@H](CO)[C@@H](O[C@@H]2O[C@H](CO)[C@H](O)[C@H](O)[C@H]2O)[C@H](O)[C@H]1O)C(=O)N[C@@H](CCCN=C(N)N)C(=O)N1CCC[C@H]1C(=O)NCC(N)=O. The second-order valence-corrected chi connectivity index (χ2v) is 28.2. The number of aromatic hydroxyl groups is 1. The molecule has 29 N–H and O–H groups in total. The molecule has 0 bridgehead atoms. The molecular weight excluding hydrogens is 1520 g/mol. The minimum Gasteiger partial charge on any atom is -0.508 e. The van der Waals surface area contributed by atoms with Crippen LogP contribution < -0.4 is 76.1 Å². The Hall–Kier alpha value is -11.1. The number of aromatic nitrogens is 3. The molecular formula is C71H103N19O25. The molecule has 3 aliphatic rings. The molecule has 13 amide bonds. The van der Waals surface area contributed by atoms with E-state index in [0.29, 0.717) is 28.5 Å². The van der Waals surface area contributed by atoms with Gasteiger partial charge in [-0.05, 0) is 73.8 Å². The van der Waals surface area contributed by atoms with E-state index >= 15 is 0 Å². The van der Waals surface area contributed by atoms with E-state index in [1.54, 1.807) is 38.1 Å². The summed E-state index contributed by atoms with van der Waals surface area (Å²) in [4.78, 5) is 194. The number of hydrogen-bond acceptors (Lipinski definition) is 27. The molecule has 44 nitrogen and oxygen atoms in total. The molecule has 44 heteroatoms. The van der Waals surface area contributed by atoms with Crippen molar-refractivity contribution < 1.29 is 122 Å². The van der Waals surface area contributed by atoms with Crippen LogP contribution in [0.1, 0.15) is 88.5 Å². The predicted octanol–water partition coefficient (Wildman–Crippen LogP) is -10.4. The zero-order valence-corrected chi connectivity index (χ0v) is 63.0. The second-order valence-electron chi connectivity index (χ2n) is 28.2. The van der Waals surface area contributed by atoms with Crippen LogP contribution in [0.25, 0.3) is 10.9 Å². The first kappa shape index (κ1) is 91.1. The minimum atomic E-state index is -2.03. The first-order valence-electron chi connectivity index (χ1n) is 37.1. The van der Waals surface area contributed by atoms with Crippen molar-refractivity contribution in [1.29, 1.82) is 0 Å². The number of phenols is 1. The van der Waals surface area contributed by atoms with Gasteiger partial charge in [-0.25, -0.2) is 4.98 Å². The highest BCUT2D eigenvalue weighted by molar-refractivity contribution is 5.99. The Labute approximate surface area is 657 Å². The molecule has 0 aliphatic carbocycles. The van der Waals surface area contributed by atoms with Gasteiger partial charge in [0.25, 0.3) is 0 Å². The normalized spacial score (nSPS) is 22.4. The number of guanidine groups is 1. The summed E-state index contributed by atoms with van der Waals surface area (Å²) in [7, 11) is 0. The number of carbonyl (C=O) groups excluding carboxylic acids is 13. The fourth-order valence-electron chi connectivity index (χ4n) is 13.0. The highest BCUT2D eigenvalue weighted by Crippen LogP contribution is 2.30. The minimum absolute atomic E-state index is 0.00322. The maximum atomic E-state index is 14.9. The topological polar surface area (TPSA) is 716 Å². The van der Waals surface area contributed by atoms with Gasteiger partial charge in [-0.15, -0.1) is 0 Å². The van der Waals surface area contributed by atoms with Crippen LogP contribution in [0.2, 0.25) is 0 Å². The lowest BCUT2D eigenvalue weighted by molar-refractivity contribution is -0.343. The number of para-hydroxylation sites is 1. The summed E-state index contributed by atoms with van der Waals surface area (Å²) in [5.41, 5.74) is 23.3. The Kier molecular flexibility index (Phi) is 34.8. The number of aromatic amines is 2. The number of ether oxygens (including phenoxy) is 3. The van der Waals surface area contributed by atoms with E-state index in [2.05, 4.69) is 73.1 Å². The maximum Gasteiger partial charge on any atom is 0.245 e. The number of nitrogens with zero attached hydrogens (tertiary/aromatic N) is 3. The van der Waals surface area contributed by atoms with E-state index in [0.717, 1.165) is 0 Å². The lowest BCUT2D eigenvalue weighted by Gasteiger charge is -2.46. The van der Waals surface area contributed by atoms with Gasteiger partial charge < -0.3 is 151 Å². The van der Waals surface area contributed by atoms with Crippen molar-refractivity contribution in [3.8, 4) is 5.75 Å². The number of likely N-dealkylation sites (tertiary alicyclic amines) is 1. The van der Waals surface area contributed by atoms with Crippen molar-refractivity contribution in [2.45, 2.75) is 201 Å². The lowest BCUT2D eigenvalue weighted by Crippen LogP contribution is -2.66. The van der Waals surface area contributed by atoms with Crippen molar-refractivity contribution in [3.63, 3.8) is 0 Å². The molecule has 18 atom stereocenters. The van der Waals surface area contributed by atoms with Crippen LogP contribution in [-0.4, -0.2) is 304 Å². The summed E-state index contributed by atoms with van der Waals surface area (Å²) >= 11 is 0. The van der Waals surface area contributed by atoms with Crippen molar-refractivity contribution in [2.75, 3.05) is 46.0 Å². The molecule has 0 unspecified atom stereocenters. The molecule has 2 aromatic carbocycles. The molecule has 0 spiro atoms. The summed E-state index contributed by atoms with van der Waals surface area (Å²) < 4.78 is 16.5. The van der Waals surface area contributed by atoms with Crippen LogP contribution in [0.5, 0.6) is 5.75 Å². The third-order valence-electron chi connectivity index (χ3n) is 19.0. The zero-order chi connectivity index (χ0) is 84.3. The molecule has 3 fully saturated rings. The summed E-state index contributed by atoms with van der Waals surface area (Å²) in [5.74, 6) is -12.9. The van der Waals surface area contributed by atoms with Gasteiger partial charge in [-0.1, -0.05) is 44.2 Å². The Balaban J connectivity index is 1.03. The summed E-state index contributed by atoms with van der Waals surface area (Å²) in [6.45, 7) is -0.550. The Morgan fingerprint density at radius 2 is 1.23 bits per heavy atom. The second kappa shape index (κ2) is 44.0. The number of carbonyl (C=O) groups is 13. The third kappa shape index (κ3) is 27.0. The zero-order valence-electron chi connectivity index (χ0n) is 63.0. The first-order chi connectivity index (χ1) is 54.7. The number of H-pyrrole nitrogens is 2. The number of phenolic OH excluding ortho intramolecular Hbond substituents is 1. The van der Waals surface area contributed by atoms with Crippen LogP contribution in [-0.2, 0) is 95.8 Å². The third-order valence-corrected chi connectivity index (χ3v) is 19.0. The monoisotopic (exact) mass is 1620 g/mol. The van der Waals surface area contributed by atoms with Crippen molar-refractivity contribution in [3.05, 3.63) is 84.1 Å². The maximum absolute atomic E-state index is 14.9. The molecule has 0 radical (unpaired) electrons. The molecule has 2 aromatic heterocycles.